The SMILES string of the molecule is CCCCCCCCC/C=C\CCCCCCCC(=O)OCCCCCCCCCCC/C=C\C/C=C\CCCCCCCCCCCC(=O)NC(CO)C(O)CCCCCCCCCCCCCCCCCCCCCCC. The van der Waals surface area contributed by atoms with Crippen molar-refractivity contribution in [2.24, 2.45) is 0 Å². The van der Waals surface area contributed by atoms with E-state index in [4.69, 9.17) is 4.74 Å². The number of hydrogen-bond acceptors (Lipinski definition) is 5. The number of hydrogen-bond donors (Lipinski definition) is 3. The summed E-state index contributed by atoms with van der Waals surface area (Å²) in [6, 6.07) is -0.548. The Kier molecular flexibility index (Phi) is 66.9. The van der Waals surface area contributed by atoms with E-state index in [-0.39, 0.29) is 18.5 Å². The molecule has 2 unspecified atom stereocenters. The molecule has 0 aromatic carbocycles. The first kappa shape index (κ1) is 77.1. The van der Waals surface area contributed by atoms with E-state index in [1.807, 2.05) is 0 Å². The summed E-state index contributed by atoms with van der Waals surface area (Å²) in [5.41, 5.74) is 0. The van der Waals surface area contributed by atoms with Gasteiger partial charge in [-0.05, 0) is 83.5 Å². The summed E-state index contributed by atoms with van der Waals surface area (Å²) in [5, 5.41) is 23.4. The smallest absolute Gasteiger partial charge is 0.305 e. The molecule has 0 aromatic heterocycles. The standard InChI is InChI=1S/C73H139NO5/c1-3-5-7-9-11-13-15-17-19-21-22-28-31-34-37-41-45-49-53-57-61-65-71(76)70(69-75)74-72(77)66-62-58-54-50-46-42-38-35-32-29-26-24-23-25-27-30-33-36-40-44-48-52-56-60-64-68-79-73(78)67-63-59-55-51-47-43-39-20-18-16-14-12-10-8-6-4-2/h20,24-27,39,70-71,75-76H,3-19,21-23,28-38,40-69H2,1-2H3,(H,74,77)/b26-24-,27-25-,39-20-. The van der Waals surface area contributed by atoms with Crippen molar-refractivity contribution >= 4 is 11.9 Å². The largest absolute Gasteiger partial charge is 0.466 e. The minimum Gasteiger partial charge on any atom is -0.466 e. The van der Waals surface area contributed by atoms with Crippen LogP contribution in [-0.2, 0) is 14.3 Å². The van der Waals surface area contributed by atoms with Crippen molar-refractivity contribution in [3.63, 3.8) is 0 Å². The van der Waals surface area contributed by atoms with Crippen LogP contribution < -0.4 is 5.32 Å². The van der Waals surface area contributed by atoms with E-state index in [9.17, 15) is 19.8 Å². The topological polar surface area (TPSA) is 95.9 Å². The number of carbonyl (C=O) groups excluding carboxylic acids is 2. The van der Waals surface area contributed by atoms with Crippen molar-refractivity contribution in [1.29, 1.82) is 0 Å². The monoisotopic (exact) mass is 1110 g/mol. The highest BCUT2D eigenvalue weighted by Crippen LogP contribution is 2.18. The molecule has 0 fully saturated rings. The van der Waals surface area contributed by atoms with Crippen molar-refractivity contribution in [2.75, 3.05) is 13.2 Å². The molecule has 6 heteroatoms. The van der Waals surface area contributed by atoms with E-state index in [0.29, 0.717) is 25.9 Å². The molecule has 0 bridgehead atoms. The number of amides is 1. The first-order chi connectivity index (χ1) is 39.0. The molecule has 0 spiro atoms. The highest BCUT2D eigenvalue weighted by atomic mass is 16.5. The van der Waals surface area contributed by atoms with Crippen LogP contribution in [0.15, 0.2) is 36.5 Å². The second-order valence-electron chi connectivity index (χ2n) is 24.6. The predicted molar refractivity (Wildman–Crippen MR) is 347 cm³/mol. The summed E-state index contributed by atoms with van der Waals surface area (Å²) in [5.74, 6) is -0.0351. The van der Waals surface area contributed by atoms with Crippen LogP contribution in [0, 0.1) is 0 Å². The number of allylic oxidation sites excluding steroid dienone is 6. The van der Waals surface area contributed by atoms with Gasteiger partial charge in [-0.1, -0.05) is 333 Å². The van der Waals surface area contributed by atoms with Crippen molar-refractivity contribution < 1.29 is 24.5 Å². The average molecular weight is 1110 g/mol. The molecule has 0 aliphatic carbocycles. The van der Waals surface area contributed by atoms with Gasteiger partial charge in [-0.2, -0.15) is 0 Å². The van der Waals surface area contributed by atoms with Crippen LogP contribution in [0.5, 0.6) is 0 Å². The molecule has 0 radical (unpaired) electrons. The van der Waals surface area contributed by atoms with Gasteiger partial charge in [0.1, 0.15) is 0 Å². The molecule has 466 valence electrons. The van der Waals surface area contributed by atoms with E-state index in [0.717, 1.165) is 51.4 Å². The van der Waals surface area contributed by atoms with Gasteiger partial charge in [0.25, 0.3) is 0 Å². The molecule has 0 aliphatic heterocycles. The van der Waals surface area contributed by atoms with Crippen LogP contribution in [0.25, 0.3) is 0 Å². The summed E-state index contributed by atoms with van der Waals surface area (Å²) in [4.78, 5) is 24.6. The van der Waals surface area contributed by atoms with Crippen LogP contribution in [0.4, 0.5) is 0 Å². The number of esters is 1. The Morgan fingerprint density at radius 1 is 0.354 bits per heavy atom. The van der Waals surface area contributed by atoms with Gasteiger partial charge >= 0.3 is 5.97 Å². The molecule has 0 rings (SSSR count). The second-order valence-corrected chi connectivity index (χ2v) is 24.6. The molecule has 1 amide bonds. The predicted octanol–water partition coefficient (Wildman–Crippen LogP) is 23.1. The molecule has 2 atom stereocenters. The first-order valence-electron chi connectivity index (χ1n) is 35.7. The average Bonchev–Trinajstić information content (AvgIpc) is 3.45. The van der Waals surface area contributed by atoms with Gasteiger partial charge in [-0.25, -0.2) is 0 Å². The number of unbranched alkanes of at least 4 members (excludes halogenated alkanes) is 50. The summed E-state index contributed by atoms with van der Waals surface area (Å²) < 4.78 is 5.49. The normalized spacial score (nSPS) is 12.7. The zero-order valence-electron chi connectivity index (χ0n) is 53.4. The first-order valence-corrected chi connectivity index (χ1v) is 35.7. The lowest BCUT2D eigenvalue weighted by Gasteiger charge is -2.22. The molecule has 0 heterocycles. The number of ether oxygens (including phenoxy) is 1. The van der Waals surface area contributed by atoms with Crippen molar-refractivity contribution in [2.45, 2.75) is 405 Å². The van der Waals surface area contributed by atoms with Gasteiger partial charge in [-0.3, -0.25) is 9.59 Å². The Morgan fingerprint density at radius 2 is 0.633 bits per heavy atom. The fourth-order valence-electron chi connectivity index (χ4n) is 11.2. The van der Waals surface area contributed by atoms with Gasteiger partial charge in [0, 0.05) is 12.8 Å². The van der Waals surface area contributed by atoms with Crippen LogP contribution in [0.2, 0.25) is 0 Å². The van der Waals surface area contributed by atoms with Crippen LogP contribution in [0.3, 0.4) is 0 Å². The van der Waals surface area contributed by atoms with Gasteiger partial charge in [0.2, 0.25) is 5.91 Å². The highest BCUT2D eigenvalue weighted by molar-refractivity contribution is 5.76. The summed E-state index contributed by atoms with van der Waals surface area (Å²) in [6.07, 6.45) is 87.6. The van der Waals surface area contributed by atoms with E-state index < -0.39 is 12.1 Å². The molecular formula is C73H139NO5. The zero-order valence-corrected chi connectivity index (χ0v) is 53.4. The fraction of sp³-hybridized carbons (Fsp3) is 0.890. The lowest BCUT2D eigenvalue weighted by Crippen LogP contribution is -2.45. The number of carbonyl (C=O) groups is 2. The fourth-order valence-corrected chi connectivity index (χ4v) is 11.2. The summed E-state index contributed by atoms with van der Waals surface area (Å²) in [7, 11) is 0. The van der Waals surface area contributed by atoms with Crippen molar-refractivity contribution in [3.05, 3.63) is 36.5 Å². The Balaban J connectivity index is 3.43. The Labute approximate surface area is 494 Å². The number of aliphatic hydroxyl groups excluding tert-OH is 2. The Hall–Kier alpha value is -1.92. The molecule has 6 nitrogen and oxygen atoms in total. The van der Waals surface area contributed by atoms with Crippen LogP contribution in [-0.4, -0.2) is 47.4 Å². The lowest BCUT2D eigenvalue weighted by molar-refractivity contribution is -0.143. The van der Waals surface area contributed by atoms with Crippen molar-refractivity contribution in [3.8, 4) is 0 Å². The van der Waals surface area contributed by atoms with Crippen molar-refractivity contribution in [1.82, 2.24) is 5.32 Å². The van der Waals surface area contributed by atoms with E-state index in [1.165, 1.54) is 308 Å². The van der Waals surface area contributed by atoms with E-state index >= 15 is 0 Å². The summed E-state index contributed by atoms with van der Waals surface area (Å²) in [6.45, 7) is 4.97. The molecule has 79 heavy (non-hydrogen) atoms. The van der Waals surface area contributed by atoms with Crippen LogP contribution >= 0.6 is 0 Å². The number of rotatable bonds is 67. The third-order valence-corrected chi connectivity index (χ3v) is 16.7. The molecule has 0 saturated heterocycles. The maximum absolute atomic E-state index is 12.5. The maximum Gasteiger partial charge on any atom is 0.305 e. The third-order valence-electron chi connectivity index (χ3n) is 16.7. The molecule has 0 saturated carbocycles. The number of aliphatic hydroxyl groups is 2. The minimum absolute atomic E-state index is 0.00225. The van der Waals surface area contributed by atoms with E-state index in [1.54, 1.807) is 0 Å². The Bertz CT molecular complexity index is 1280. The second kappa shape index (κ2) is 68.6. The molecular weight excluding hydrogens is 971 g/mol. The van der Waals surface area contributed by atoms with Crippen LogP contribution in [0.1, 0.15) is 393 Å². The minimum atomic E-state index is -0.670. The Morgan fingerprint density at radius 3 is 0.975 bits per heavy atom. The molecule has 3 N–H and O–H groups in total. The molecule has 0 aromatic rings. The highest BCUT2D eigenvalue weighted by Gasteiger charge is 2.20. The van der Waals surface area contributed by atoms with Gasteiger partial charge in [-0.15, -0.1) is 0 Å². The quantitative estimate of drug-likeness (QED) is 0.0320. The van der Waals surface area contributed by atoms with Gasteiger partial charge in [0.05, 0.1) is 25.4 Å². The van der Waals surface area contributed by atoms with Gasteiger partial charge in [0.15, 0.2) is 0 Å². The van der Waals surface area contributed by atoms with Gasteiger partial charge < -0.3 is 20.3 Å². The lowest BCUT2D eigenvalue weighted by atomic mass is 10.0. The molecule has 0 aliphatic rings. The summed E-state index contributed by atoms with van der Waals surface area (Å²) >= 11 is 0. The zero-order chi connectivity index (χ0) is 57.1. The maximum atomic E-state index is 12.5. The van der Waals surface area contributed by atoms with E-state index in [2.05, 4.69) is 55.6 Å². The number of nitrogens with one attached hydrogen (secondary N) is 1. The third kappa shape index (κ3) is 65.1.